The molecule has 0 bridgehead atoms. The molecule has 1 amide bonds. The van der Waals surface area contributed by atoms with E-state index in [0.717, 1.165) is 70.8 Å². The van der Waals surface area contributed by atoms with Crippen LogP contribution in [0.15, 0.2) is 17.8 Å². The van der Waals surface area contributed by atoms with Crippen LogP contribution in [0.25, 0.3) is 22.1 Å². The van der Waals surface area contributed by atoms with Crippen LogP contribution in [0.1, 0.15) is 64.8 Å². The maximum atomic E-state index is 13.3. The molecule has 2 aliphatic rings. The second kappa shape index (κ2) is 8.05. The van der Waals surface area contributed by atoms with E-state index in [0.29, 0.717) is 24.3 Å². The van der Waals surface area contributed by atoms with Crippen molar-refractivity contribution >= 4 is 50.3 Å². The van der Waals surface area contributed by atoms with Gasteiger partial charge in [-0.05, 0) is 38.7 Å². The lowest BCUT2D eigenvalue weighted by atomic mass is 9.93. The minimum absolute atomic E-state index is 0.0126. The minimum atomic E-state index is -0.0126. The predicted octanol–water partition coefficient (Wildman–Crippen LogP) is 5.14. The van der Waals surface area contributed by atoms with Gasteiger partial charge in [0.15, 0.2) is 10.9 Å². The molecule has 2 aliphatic carbocycles. The highest BCUT2D eigenvalue weighted by Crippen LogP contribution is 2.38. The number of hydrogen-bond donors (Lipinski definition) is 1. The fourth-order valence-corrected chi connectivity index (χ4v) is 5.92. The van der Waals surface area contributed by atoms with Gasteiger partial charge < -0.3 is 19.4 Å². The first-order chi connectivity index (χ1) is 16.7. The van der Waals surface area contributed by atoms with Crippen molar-refractivity contribution in [2.24, 2.45) is 7.05 Å². The number of aromatic nitrogens is 5. The quantitative estimate of drug-likeness (QED) is 0.387. The van der Waals surface area contributed by atoms with Crippen molar-refractivity contribution in [1.29, 1.82) is 0 Å². The van der Waals surface area contributed by atoms with Crippen LogP contribution in [0.5, 0.6) is 0 Å². The molecule has 0 aromatic carbocycles. The highest BCUT2D eigenvalue weighted by Gasteiger charge is 2.42. The summed E-state index contributed by atoms with van der Waals surface area (Å²) in [6.07, 6.45) is 6.85. The third-order valence-corrected chi connectivity index (χ3v) is 7.86. The average Bonchev–Trinajstić information content (AvgIpc) is 3.69. The van der Waals surface area contributed by atoms with Crippen molar-refractivity contribution in [3.05, 3.63) is 29.2 Å². The monoisotopic (exact) mass is 491 g/mol. The zero-order valence-corrected chi connectivity index (χ0v) is 21.9. The van der Waals surface area contributed by atoms with Gasteiger partial charge in [-0.3, -0.25) is 4.79 Å². The molecule has 8 nitrogen and oxygen atoms in total. The molecule has 4 aromatic heterocycles. The first-order valence-electron chi connectivity index (χ1n) is 12.6. The number of carbonyl (C=O) groups is 1. The molecule has 4 aromatic rings. The van der Waals surface area contributed by atoms with Gasteiger partial charge in [0.1, 0.15) is 11.2 Å². The Bertz CT molecular complexity index is 1420. The number of amides is 1. The SMILES string of the molecule is CCn1c(CC(=O)N(C2CC2)C2CC2)cc2c3c(ncn3C)c(Nc3nc(C(C)(C)C)cs3)nc21. The molecular formula is C26H33N7OS. The molecule has 9 heteroatoms. The number of nitrogens with one attached hydrogen (secondary N) is 1. The van der Waals surface area contributed by atoms with E-state index in [4.69, 9.17) is 9.97 Å². The zero-order chi connectivity index (χ0) is 24.5. The third-order valence-electron chi connectivity index (χ3n) is 7.10. The largest absolute Gasteiger partial charge is 0.336 e. The highest BCUT2D eigenvalue weighted by molar-refractivity contribution is 7.13. The molecule has 184 valence electrons. The third kappa shape index (κ3) is 3.99. The Morgan fingerprint density at radius 3 is 2.51 bits per heavy atom. The number of rotatable bonds is 7. The van der Waals surface area contributed by atoms with E-state index in [-0.39, 0.29) is 11.3 Å². The molecule has 35 heavy (non-hydrogen) atoms. The smallest absolute Gasteiger partial charge is 0.229 e. The fourth-order valence-electron chi connectivity index (χ4n) is 4.99. The standard InChI is InChI=1S/C26H33N7OS/c1-6-32-17(12-20(34)33(15-7-8-15)16-9-10-16)11-18-22-21(27-14-31(22)5)23(29-24(18)32)30-25-28-19(13-35-25)26(2,3)4/h11,13-16H,6-10,12H2,1-5H3,(H,28,29,30). The molecule has 0 radical (unpaired) electrons. The summed E-state index contributed by atoms with van der Waals surface area (Å²) >= 11 is 1.58. The number of pyridine rings is 1. The lowest BCUT2D eigenvalue weighted by Crippen LogP contribution is -2.36. The summed E-state index contributed by atoms with van der Waals surface area (Å²) in [6, 6.07) is 3.07. The zero-order valence-electron chi connectivity index (χ0n) is 21.1. The van der Waals surface area contributed by atoms with Crippen molar-refractivity contribution in [1.82, 2.24) is 29.0 Å². The maximum Gasteiger partial charge on any atom is 0.229 e. The van der Waals surface area contributed by atoms with E-state index in [1.54, 1.807) is 11.3 Å². The summed E-state index contributed by atoms with van der Waals surface area (Å²) in [7, 11) is 2.01. The number of aryl methyl sites for hydroxylation is 2. The van der Waals surface area contributed by atoms with E-state index in [9.17, 15) is 4.79 Å². The Kier molecular flexibility index (Phi) is 5.18. The van der Waals surface area contributed by atoms with Gasteiger partial charge in [-0.1, -0.05) is 20.8 Å². The number of thiazole rings is 1. The lowest BCUT2D eigenvalue weighted by Gasteiger charge is -2.22. The van der Waals surface area contributed by atoms with Gasteiger partial charge in [-0.15, -0.1) is 11.3 Å². The average molecular weight is 492 g/mol. The molecule has 1 N–H and O–H groups in total. The van der Waals surface area contributed by atoms with Crippen molar-refractivity contribution in [2.45, 2.75) is 83.8 Å². The molecule has 0 unspecified atom stereocenters. The van der Waals surface area contributed by atoms with Crippen LogP contribution in [-0.2, 0) is 30.2 Å². The summed E-state index contributed by atoms with van der Waals surface area (Å²) in [5, 5.41) is 7.39. The lowest BCUT2D eigenvalue weighted by molar-refractivity contribution is -0.131. The normalized spacial score (nSPS) is 16.4. The van der Waals surface area contributed by atoms with E-state index < -0.39 is 0 Å². The Hall–Kier alpha value is -2.94. The number of hydrogen-bond acceptors (Lipinski definition) is 6. The van der Waals surface area contributed by atoms with Crippen LogP contribution in [0.2, 0.25) is 0 Å². The maximum absolute atomic E-state index is 13.3. The van der Waals surface area contributed by atoms with Gasteiger partial charge >= 0.3 is 0 Å². The summed E-state index contributed by atoms with van der Waals surface area (Å²) < 4.78 is 4.23. The first kappa shape index (κ1) is 22.5. The highest BCUT2D eigenvalue weighted by atomic mass is 32.1. The number of fused-ring (bicyclic) bond motifs is 3. The summed E-state index contributed by atoms with van der Waals surface area (Å²) in [5.74, 6) is 0.954. The second-order valence-electron chi connectivity index (χ2n) is 11.0. The van der Waals surface area contributed by atoms with Crippen LogP contribution < -0.4 is 5.32 Å². The van der Waals surface area contributed by atoms with Crippen LogP contribution >= 0.6 is 11.3 Å². The van der Waals surface area contributed by atoms with Gasteiger partial charge in [0.05, 0.1) is 24.0 Å². The summed E-state index contributed by atoms with van der Waals surface area (Å²) in [4.78, 5) is 30.0. The van der Waals surface area contributed by atoms with Gasteiger partial charge in [0.25, 0.3) is 0 Å². The molecule has 2 fully saturated rings. The molecule has 6 rings (SSSR count). The molecule has 2 saturated carbocycles. The van der Waals surface area contributed by atoms with E-state index in [1.165, 1.54) is 0 Å². The molecule has 0 atom stereocenters. The van der Waals surface area contributed by atoms with Crippen LogP contribution in [0, 0.1) is 0 Å². The van der Waals surface area contributed by atoms with Gasteiger partial charge in [0, 0.05) is 47.6 Å². The Balaban J connectivity index is 1.41. The van der Waals surface area contributed by atoms with E-state index in [1.807, 2.05) is 17.9 Å². The Morgan fingerprint density at radius 2 is 1.91 bits per heavy atom. The number of carbonyl (C=O) groups excluding carboxylic acids is 1. The van der Waals surface area contributed by atoms with E-state index >= 15 is 0 Å². The Labute approximate surface area is 209 Å². The molecular weight excluding hydrogens is 458 g/mol. The number of anilines is 2. The number of imidazole rings is 1. The van der Waals surface area contributed by atoms with Crippen LogP contribution in [-0.4, -0.2) is 47.0 Å². The number of nitrogens with zero attached hydrogens (tertiary/aromatic N) is 6. The van der Waals surface area contributed by atoms with Crippen molar-refractivity contribution in [2.75, 3.05) is 5.32 Å². The molecule has 4 heterocycles. The second-order valence-corrected chi connectivity index (χ2v) is 11.8. The summed E-state index contributed by atoms with van der Waals surface area (Å²) in [5.41, 5.74) is 4.78. The van der Waals surface area contributed by atoms with Crippen molar-refractivity contribution in [3.63, 3.8) is 0 Å². The van der Waals surface area contributed by atoms with Gasteiger partial charge in [0.2, 0.25) is 5.91 Å². The predicted molar refractivity (Wildman–Crippen MR) is 140 cm³/mol. The molecule has 0 aliphatic heterocycles. The van der Waals surface area contributed by atoms with Crippen LogP contribution in [0.3, 0.4) is 0 Å². The van der Waals surface area contributed by atoms with E-state index in [2.05, 4.69) is 58.9 Å². The first-order valence-corrected chi connectivity index (χ1v) is 13.5. The fraction of sp³-hybridized carbons (Fsp3) is 0.538. The molecule has 0 spiro atoms. The Morgan fingerprint density at radius 1 is 1.20 bits per heavy atom. The van der Waals surface area contributed by atoms with Crippen molar-refractivity contribution < 1.29 is 4.79 Å². The minimum Gasteiger partial charge on any atom is -0.336 e. The topological polar surface area (TPSA) is 80.9 Å². The van der Waals surface area contributed by atoms with Crippen LogP contribution in [0.4, 0.5) is 10.9 Å². The van der Waals surface area contributed by atoms with Gasteiger partial charge in [-0.2, -0.15) is 0 Å². The summed E-state index contributed by atoms with van der Waals surface area (Å²) in [6.45, 7) is 9.36. The van der Waals surface area contributed by atoms with Crippen molar-refractivity contribution in [3.8, 4) is 0 Å². The van der Waals surface area contributed by atoms with Gasteiger partial charge in [-0.25, -0.2) is 15.0 Å². The molecule has 0 saturated heterocycles.